The van der Waals surface area contributed by atoms with Crippen LogP contribution < -0.4 is 10.6 Å². The second kappa shape index (κ2) is 7.65. The van der Waals surface area contributed by atoms with Gasteiger partial charge in [-0.25, -0.2) is 4.79 Å². The van der Waals surface area contributed by atoms with E-state index < -0.39 is 0 Å². The van der Waals surface area contributed by atoms with Crippen molar-refractivity contribution in [2.75, 3.05) is 11.9 Å². The van der Waals surface area contributed by atoms with Crippen molar-refractivity contribution in [3.63, 3.8) is 0 Å². The van der Waals surface area contributed by atoms with Gasteiger partial charge in [0.15, 0.2) is 0 Å². The topological polar surface area (TPSA) is 93.2 Å². The Labute approximate surface area is 145 Å². The molecule has 2 aromatic heterocycles. The normalized spacial score (nSPS) is 10.6. The number of rotatable bonds is 6. The Morgan fingerprint density at radius 2 is 1.92 bits per heavy atom. The summed E-state index contributed by atoms with van der Waals surface area (Å²) in [5, 5.41) is 13.1. The summed E-state index contributed by atoms with van der Waals surface area (Å²) in [6.07, 6.45) is 1.75. The van der Waals surface area contributed by atoms with Crippen LogP contribution in [0.3, 0.4) is 0 Å². The first-order valence-electron chi connectivity index (χ1n) is 8.11. The van der Waals surface area contributed by atoms with Gasteiger partial charge in [-0.3, -0.25) is 5.32 Å². The molecule has 7 nitrogen and oxygen atoms in total. The maximum atomic E-state index is 11.9. The van der Waals surface area contributed by atoms with Crippen molar-refractivity contribution >= 4 is 12.0 Å². The predicted octanol–water partition coefficient (Wildman–Crippen LogP) is 3.70. The minimum atomic E-state index is -0.372. The molecule has 0 saturated heterocycles. The lowest BCUT2D eigenvalue weighted by Crippen LogP contribution is -2.29. The summed E-state index contributed by atoms with van der Waals surface area (Å²) in [6, 6.07) is 11.6. The van der Waals surface area contributed by atoms with E-state index in [-0.39, 0.29) is 12.0 Å². The van der Waals surface area contributed by atoms with Gasteiger partial charge in [0.1, 0.15) is 11.5 Å². The number of nitrogens with zero attached hydrogens (tertiary/aromatic N) is 2. The molecule has 0 atom stereocenters. The van der Waals surface area contributed by atoms with Gasteiger partial charge in [-0.05, 0) is 38.3 Å². The van der Waals surface area contributed by atoms with Crippen LogP contribution in [0.25, 0.3) is 11.5 Å². The van der Waals surface area contributed by atoms with Crippen LogP contribution in [-0.4, -0.2) is 22.8 Å². The number of hydrogen-bond acceptors (Lipinski definition) is 5. The molecule has 1 aromatic carbocycles. The second-order valence-corrected chi connectivity index (χ2v) is 5.71. The Hall–Kier alpha value is -3.09. The van der Waals surface area contributed by atoms with Crippen molar-refractivity contribution in [1.82, 2.24) is 15.5 Å². The van der Waals surface area contributed by atoms with E-state index in [2.05, 4.69) is 33.0 Å². The van der Waals surface area contributed by atoms with E-state index in [0.29, 0.717) is 18.2 Å². The van der Waals surface area contributed by atoms with Gasteiger partial charge in [-0.1, -0.05) is 35.4 Å². The molecule has 0 aliphatic heterocycles. The first kappa shape index (κ1) is 16.8. The maximum absolute atomic E-state index is 11.9. The molecule has 0 spiro atoms. The molecule has 130 valence electrons. The summed E-state index contributed by atoms with van der Waals surface area (Å²) in [7, 11) is 0. The van der Waals surface area contributed by atoms with E-state index >= 15 is 0 Å². The molecule has 2 N–H and O–H groups in total. The van der Waals surface area contributed by atoms with Crippen LogP contribution in [0.4, 0.5) is 10.8 Å². The highest BCUT2D eigenvalue weighted by molar-refractivity contribution is 5.86. The summed E-state index contributed by atoms with van der Waals surface area (Å²) < 4.78 is 10.9. The zero-order valence-electron chi connectivity index (χ0n) is 14.2. The Balaban J connectivity index is 1.46. The van der Waals surface area contributed by atoms with E-state index in [1.54, 1.807) is 0 Å². The van der Waals surface area contributed by atoms with Gasteiger partial charge < -0.3 is 14.2 Å². The van der Waals surface area contributed by atoms with Crippen molar-refractivity contribution in [2.45, 2.75) is 26.7 Å². The molecular formula is C18H20N4O3. The molecule has 0 fully saturated rings. The van der Waals surface area contributed by atoms with Crippen molar-refractivity contribution in [1.29, 1.82) is 0 Å². The molecule has 0 radical (unpaired) electrons. The largest absolute Gasteiger partial charge is 0.466 e. The third-order valence-corrected chi connectivity index (χ3v) is 3.69. The lowest BCUT2D eigenvalue weighted by Gasteiger charge is -2.04. The van der Waals surface area contributed by atoms with E-state index in [4.69, 9.17) is 8.83 Å². The highest BCUT2D eigenvalue weighted by atomic mass is 16.4. The van der Waals surface area contributed by atoms with Crippen molar-refractivity contribution in [3.05, 3.63) is 53.5 Å². The Bertz CT molecular complexity index is 839. The fourth-order valence-electron chi connectivity index (χ4n) is 2.51. The zero-order chi connectivity index (χ0) is 17.6. The quantitative estimate of drug-likeness (QED) is 0.667. The molecule has 25 heavy (non-hydrogen) atoms. The van der Waals surface area contributed by atoms with Gasteiger partial charge in [-0.15, -0.1) is 5.10 Å². The number of urea groups is 1. The summed E-state index contributed by atoms with van der Waals surface area (Å²) in [6.45, 7) is 4.22. The zero-order valence-corrected chi connectivity index (χ0v) is 14.2. The van der Waals surface area contributed by atoms with Gasteiger partial charge in [0, 0.05) is 6.54 Å². The van der Waals surface area contributed by atoms with Gasteiger partial charge in [-0.2, -0.15) is 0 Å². The van der Waals surface area contributed by atoms with Crippen LogP contribution in [0.1, 0.15) is 23.5 Å². The van der Waals surface area contributed by atoms with Gasteiger partial charge in [0.2, 0.25) is 0 Å². The molecule has 0 saturated carbocycles. The Morgan fingerprint density at radius 3 is 2.64 bits per heavy atom. The lowest BCUT2D eigenvalue weighted by molar-refractivity contribution is 0.251. The lowest BCUT2D eigenvalue weighted by atomic mass is 10.1. The third kappa shape index (κ3) is 4.47. The number of carbonyl (C=O) groups is 1. The molecule has 3 rings (SSSR count). The Morgan fingerprint density at radius 1 is 1.12 bits per heavy atom. The average molecular weight is 340 g/mol. The number of aromatic nitrogens is 2. The predicted molar refractivity (Wildman–Crippen MR) is 93.3 cm³/mol. The number of benzene rings is 1. The summed E-state index contributed by atoms with van der Waals surface area (Å²) >= 11 is 0. The molecule has 3 aromatic rings. The van der Waals surface area contributed by atoms with Crippen molar-refractivity contribution in [2.24, 2.45) is 0 Å². The number of amides is 2. The summed E-state index contributed by atoms with van der Waals surface area (Å²) in [4.78, 5) is 11.9. The first-order chi connectivity index (χ1) is 12.1. The SMILES string of the molecule is Cc1cc(-c2nnc(NC(=O)NCCCc3ccccc3)o2)c(C)o1. The first-order valence-corrected chi connectivity index (χ1v) is 8.11. The van der Waals surface area contributed by atoms with Crippen LogP contribution in [0.2, 0.25) is 0 Å². The third-order valence-electron chi connectivity index (χ3n) is 3.69. The smallest absolute Gasteiger partial charge is 0.324 e. The molecule has 0 aliphatic rings. The van der Waals surface area contributed by atoms with E-state index in [0.717, 1.165) is 24.2 Å². The molecule has 0 unspecified atom stereocenters. The Kier molecular flexibility index (Phi) is 5.13. The monoisotopic (exact) mass is 340 g/mol. The van der Waals surface area contributed by atoms with Crippen molar-refractivity contribution < 1.29 is 13.6 Å². The van der Waals surface area contributed by atoms with Gasteiger partial charge >= 0.3 is 12.0 Å². The summed E-state index contributed by atoms with van der Waals surface area (Å²) in [5.41, 5.74) is 1.97. The highest BCUT2D eigenvalue weighted by Crippen LogP contribution is 2.26. The van der Waals surface area contributed by atoms with E-state index in [1.807, 2.05) is 38.1 Å². The molecule has 0 bridgehead atoms. The van der Waals surface area contributed by atoms with Crippen LogP contribution in [0, 0.1) is 13.8 Å². The minimum absolute atomic E-state index is 0.0498. The maximum Gasteiger partial charge on any atom is 0.324 e. The number of carbonyl (C=O) groups excluding carboxylic acids is 1. The van der Waals surface area contributed by atoms with Crippen molar-refractivity contribution in [3.8, 4) is 11.5 Å². The number of hydrogen-bond donors (Lipinski definition) is 2. The molecule has 2 heterocycles. The van der Waals surface area contributed by atoms with Gasteiger partial charge in [0.05, 0.1) is 5.56 Å². The number of anilines is 1. The van der Waals surface area contributed by atoms with Gasteiger partial charge in [0.25, 0.3) is 5.89 Å². The number of aryl methyl sites for hydroxylation is 3. The molecular weight excluding hydrogens is 320 g/mol. The standard InChI is InChI=1S/C18H20N4O3/c1-12-11-15(13(2)24-12)16-21-22-18(25-16)20-17(23)19-10-6-9-14-7-4-3-5-8-14/h3-5,7-8,11H,6,9-10H2,1-2H3,(H2,19,20,22,23). The summed E-state index contributed by atoms with van der Waals surface area (Å²) in [5.74, 6) is 1.77. The molecule has 7 heteroatoms. The van der Waals surface area contributed by atoms with E-state index in [1.165, 1.54) is 5.56 Å². The fraction of sp³-hybridized carbons (Fsp3) is 0.278. The minimum Gasteiger partial charge on any atom is -0.466 e. The highest BCUT2D eigenvalue weighted by Gasteiger charge is 2.15. The number of furan rings is 1. The van der Waals surface area contributed by atoms with Crippen LogP contribution in [0.5, 0.6) is 0 Å². The van der Waals surface area contributed by atoms with Crippen LogP contribution >= 0.6 is 0 Å². The average Bonchev–Trinajstić information content (AvgIpc) is 3.18. The molecule has 0 aliphatic carbocycles. The second-order valence-electron chi connectivity index (χ2n) is 5.71. The molecule has 2 amide bonds. The fourth-order valence-corrected chi connectivity index (χ4v) is 2.51. The van der Waals surface area contributed by atoms with Crippen LogP contribution in [-0.2, 0) is 6.42 Å². The van der Waals surface area contributed by atoms with E-state index in [9.17, 15) is 4.79 Å². The van der Waals surface area contributed by atoms with Crippen LogP contribution in [0.15, 0.2) is 45.2 Å². The number of nitrogens with one attached hydrogen (secondary N) is 2.